The molecule has 20 heavy (non-hydrogen) atoms. The van der Waals surface area contributed by atoms with E-state index in [1.807, 2.05) is 6.26 Å². The topological polar surface area (TPSA) is 55.2 Å². The molecular formula is C13H16ClFN2O2S. The Kier molecular flexibility index (Phi) is 5.10. The third kappa shape index (κ3) is 3.35. The fourth-order valence-corrected chi connectivity index (χ4v) is 3.64. The molecule has 1 aromatic carbocycles. The predicted molar refractivity (Wildman–Crippen MR) is 81.2 cm³/mol. The van der Waals surface area contributed by atoms with Gasteiger partial charge < -0.3 is 5.32 Å². The molecule has 2 rings (SSSR count). The summed E-state index contributed by atoms with van der Waals surface area (Å²) in [5.41, 5.74) is 0.0321. The van der Waals surface area contributed by atoms with E-state index in [0.29, 0.717) is 5.25 Å². The summed E-state index contributed by atoms with van der Waals surface area (Å²) in [5.74, 6) is -0.642. The monoisotopic (exact) mass is 318 g/mol. The molecule has 0 saturated heterocycles. The van der Waals surface area contributed by atoms with Gasteiger partial charge in [0.05, 0.1) is 9.95 Å². The second kappa shape index (κ2) is 6.63. The number of nitrogens with one attached hydrogen (secondary N) is 1. The van der Waals surface area contributed by atoms with Gasteiger partial charge in [-0.1, -0.05) is 24.4 Å². The number of nitro groups is 1. The third-order valence-electron chi connectivity index (χ3n) is 3.58. The van der Waals surface area contributed by atoms with E-state index in [2.05, 4.69) is 5.32 Å². The Morgan fingerprint density at radius 2 is 2.15 bits per heavy atom. The molecule has 1 aromatic rings. The second-order valence-corrected chi connectivity index (χ2v) is 6.33. The molecule has 2 atom stereocenters. The number of rotatable bonds is 4. The number of benzene rings is 1. The first-order chi connectivity index (χ1) is 9.52. The number of hydrogen-bond donors (Lipinski definition) is 1. The van der Waals surface area contributed by atoms with Gasteiger partial charge in [0.1, 0.15) is 11.5 Å². The fraction of sp³-hybridized carbons (Fsp3) is 0.538. The van der Waals surface area contributed by atoms with Gasteiger partial charge >= 0.3 is 0 Å². The molecule has 110 valence electrons. The van der Waals surface area contributed by atoms with Gasteiger partial charge in [-0.15, -0.1) is 0 Å². The smallest absolute Gasteiger partial charge is 0.294 e. The zero-order valence-electron chi connectivity index (χ0n) is 11.1. The lowest BCUT2D eigenvalue weighted by Crippen LogP contribution is -2.34. The Balaban J connectivity index is 2.27. The summed E-state index contributed by atoms with van der Waals surface area (Å²) in [7, 11) is 0. The molecule has 0 aromatic heterocycles. The summed E-state index contributed by atoms with van der Waals surface area (Å²) in [4.78, 5) is 10.5. The van der Waals surface area contributed by atoms with Gasteiger partial charge in [-0.05, 0) is 19.1 Å². The van der Waals surface area contributed by atoms with E-state index in [-0.39, 0.29) is 22.4 Å². The van der Waals surface area contributed by atoms with E-state index in [9.17, 15) is 14.5 Å². The van der Waals surface area contributed by atoms with Crippen molar-refractivity contribution in [2.24, 2.45) is 0 Å². The Bertz CT molecular complexity index is 515. The molecule has 1 saturated carbocycles. The lowest BCUT2D eigenvalue weighted by Gasteiger charge is -2.31. The Morgan fingerprint density at radius 3 is 2.80 bits per heavy atom. The van der Waals surface area contributed by atoms with Crippen LogP contribution in [-0.2, 0) is 0 Å². The summed E-state index contributed by atoms with van der Waals surface area (Å²) < 4.78 is 13.6. The summed E-state index contributed by atoms with van der Waals surface area (Å²) in [5, 5.41) is 14.4. The van der Waals surface area contributed by atoms with Crippen LogP contribution in [-0.4, -0.2) is 22.5 Å². The van der Waals surface area contributed by atoms with E-state index in [1.54, 1.807) is 11.8 Å². The first kappa shape index (κ1) is 15.4. The van der Waals surface area contributed by atoms with Gasteiger partial charge in [-0.25, -0.2) is 4.39 Å². The van der Waals surface area contributed by atoms with Crippen LogP contribution in [0.1, 0.15) is 25.7 Å². The molecule has 0 spiro atoms. The van der Waals surface area contributed by atoms with Gasteiger partial charge in [0, 0.05) is 23.4 Å². The van der Waals surface area contributed by atoms with Crippen molar-refractivity contribution in [2.45, 2.75) is 37.0 Å². The van der Waals surface area contributed by atoms with Crippen molar-refractivity contribution < 1.29 is 9.31 Å². The van der Waals surface area contributed by atoms with Gasteiger partial charge in [0.15, 0.2) is 0 Å². The highest BCUT2D eigenvalue weighted by atomic mass is 35.5. The van der Waals surface area contributed by atoms with Gasteiger partial charge in [0.2, 0.25) is 0 Å². The average molecular weight is 319 g/mol. The van der Waals surface area contributed by atoms with Crippen LogP contribution in [0.15, 0.2) is 12.1 Å². The molecule has 1 N–H and O–H groups in total. The lowest BCUT2D eigenvalue weighted by molar-refractivity contribution is -0.384. The minimum Gasteiger partial charge on any atom is -0.376 e. The van der Waals surface area contributed by atoms with Crippen molar-refractivity contribution >= 4 is 34.7 Å². The molecule has 1 fully saturated rings. The van der Waals surface area contributed by atoms with Crippen molar-refractivity contribution in [2.75, 3.05) is 11.6 Å². The molecule has 0 heterocycles. The summed E-state index contributed by atoms with van der Waals surface area (Å²) in [6.45, 7) is 0. The van der Waals surface area contributed by atoms with Crippen LogP contribution >= 0.6 is 23.4 Å². The third-order valence-corrected chi connectivity index (χ3v) is 5.04. The minimum absolute atomic E-state index is 0.123. The van der Waals surface area contributed by atoms with Crippen LogP contribution in [0.2, 0.25) is 5.02 Å². The van der Waals surface area contributed by atoms with Crippen LogP contribution in [0.3, 0.4) is 0 Å². The molecule has 0 bridgehead atoms. The molecule has 1 aliphatic carbocycles. The predicted octanol–water partition coefficient (Wildman–Crippen LogP) is 4.47. The van der Waals surface area contributed by atoms with Crippen molar-refractivity contribution in [3.8, 4) is 0 Å². The zero-order chi connectivity index (χ0) is 14.7. The van der Waals surface area contributed by atoms with Crippen molar-refractivity contribution in [3.63, 3.8) is 0 Å². The summed E-state index contributed by atoms with van der Waals surface area (Å²) in [6, 6.07) is 2.31. The lowest BCUT2D eigenvalue weighted by atomic mass is 9.94. The van der Waals surface area contributed by atoms with Gasteiger partial charge in [-0.3, -0.25) is 10.1 Å². The van der Waals surface area contributed by atoms with Gasteiger partial charge in [-0.2, -0.15) is 11.8 Å². The maximum absolute atomic E-state index is 13.6. The highest BCUT2D eigenvalue weighted by Crippen LogP contribution is 2.34. The van der Waals surface area contributed by atoms with E-state index in [1.165, 1.54) is 6.42 Å². The second-order valence-electron chi connectivity index (χ2n) is 4.85. The fourth-order valence-electron chi connectivity index (χ4n) is 2.55. The number of nitrogens with zero attached hydrogens (tertiary/aromatic N) is 1. The molecule has 0 radical (unpaired) electrons. The molecular weight excluding hydrogens is 303 g/mol. The molecule has 7 heteroatoms. The van der Waals surface area contributed by atoms with E-state index >= 15 is 0 Å². The number of halogens is 2. The van der Waals surface area contributed by atoms with Crippen LogP contribution < -0.4 is 5.32 Å². The standard InChI is InChI=1S/C13H16ClFN2O2S/c1-20-13-5-3-2-4-10(13)16-11-7-9(15)8(14)6-12(11)17(18)19/h6-7,10,13,16H,2-5H2,1H3. The van der Waals surface area contributed by atoms with Crippen molar-refractivity contribution in [1.29, 1.82) is 0 Å². The van der Waals surface area contributed by atoms with E-state index < -0.39 is 10.7 Å². The molecule has 4 nitrogen and oxygen atoms in total. The van der Waals surface area contributed by atoms with Crippen LogP contribution in [0.5, 0.6) is 0 Å². The molecule has 0 aliphatic heterocycles. The first-order valence-corrected chi connectivity index (χ1v) is 8.12. The van der Waals surface area contributed by atoms with E-state index in [0.717, 1.165) is 31.4 Å². The molecule has 0 amide bonds. The maximum atomic E-state index is 13.6. The van der Waals surface area contributed by atoms with Crippen LogP contribution in [0.4, 0.5) is 15.8 Å². The highest BCUT2D eigenvalue weighted by molar-refractivity contribution is 7.99. The van der Waals surface area contributed by atoms with Crippen molar-refractivity contribution in [3.05, 3.63) is 33.1 Å². The molecule has 1 aliphatic rings. The number of anilines is 1. The highest BCUT2D eigenvalue weighted by Gasteiger charge is 2.27. The zero-order valence-corrected chi connectivity index (χ0v) is 12.6. The summed E-state index contributed by atoms with van der Waals surface area (Å²) in [6.07, 6.45) is 6.29. The normalized spacial score (nSPS) is 22.6. The average Bonchev–Trinajstić information content (AvgIpc) is 2.43. The van der Waals surface area contributed by atoms with Crippen LogP contribution in [0.25, 0.3) is 0 Å². The quantitative estimate of drug-likeness (QED) is 0.657. The maximum Gasteiger partial charge on any atom is 0.294 e. The van der Waals surface area contributed by atoms with Crippen molar-refractivity contribution in [1.82, 2.24) is 0 Å². The first-order valence-electron chi connectivity index (χ1n) is 6.45. The largest absolute Gasteiger partial charge is 0.376 e. The SMILES string of the molecule is CSC1CCCCC1Nc1cc(F)c(Cl)cc1[N+](=O)[O-]. The van der Waals surface area contributed by atoms with Gasteiger partial charge in [0.25, 0.3) is 5.69 Å². The summed E-state index contributed by atoms with van der Waals surface area (Å²) >= 11 is 7.36. The Morgan fingerprint density at radius 1 is 1.45 bits per heavy atom. The minimum atomic E-state index is -0.642. The van der Waals surface area contributed by atoms with Crippen LogP contribution in [0, 0.1) is 15.9 Å². The number of nitro benzene ring substituents is 1. The Hall–Kier alpha value is -1.01. The number of hydrogen-bond acceptors (Lipinski definition) is 4. The number of thioether (sulfide) groups is 1. The Labute approximate surface area is 126 Å². The van der Waals surface area contributed by atoms with E-state index in [4.69, 9.17) is 11.6 Å². The molecule has 2 unspecified atom stereocenters.